The second kappa shape index (κ2) is 10.5. The number of hydrogen-bond acceptors (Lipinski definition) is 7. The van der Waals surface area contributed by atoms with Gasteiger partial charge in [-0.05, 0) is 98.7 Å². The Balaban J connectivity index is 1.20. The van der Waals surface area contributed by atoms with Crippen molar-refractivity contribution < 1.29 is 33.9 Å². The lowest BCUT2D eigenvalue weighted by Crippen LogP contribution is -2.62. The summed E-state index contributed by atoms with van der Waals surface area (Å²) in [6, 6.07) is 0. The third-order valence-corrected chi connectivity index (χ3v) is 13.0. The van der Waals surface area contributed by atoms with Crippen molar-refractivity contribution in [2.75, 3.05) is 0 Å². The minimum atomic E-state index is -0.827. The highest BCUT2D eigenvalue weighted by molar-refractivity contribution is 5.73. The molecule has 0 aromatic heterocycles. The van der Waals surface area contributed by atoms with E-state index >= 15 is 0 Å². The van der Waals surface area contributed by atoms with Gasteiger partial charge in [-0.15, -0.1) is 0 Å². The molecular weight excluding hydrogens is 510 g/mol. The first-order chi connectivity index (χ1) is 19.0. The molecule has 0 radical (unpaired) electrons. The number of ether oxygens (including phenoxy) is 1. The van der Waals surface area contributed by atoms with Crippen LogP contribution in [-0.2, 0) is 33.9 Å². The SMILES string of the molecule is CC(=O)O[C@H]1C[C@H]2[C@@H](CC[C@@H]3CC4(CC[C@@]32C)OOC2(CCCCC2)OO4)[C@@H]2CC[C@H]([C@H](C)CCC(N)=O)[C@@]12C. The topological polar surface area (TPSA) is 106 Å². The molecule has 0 aromatic carbocycles. The fraction of sp³-hybridized carbons (Fsp3) is 0.938. The fourth-order valence-corrected chi connectivity index (χ4v) is 10.8. The lowest BCUT2D eigenvalue weighted by Gasteiger charge is -2.63. The summed E-state index contributed by atoms with van der Waals surface area (Å²) >= 11 is 0. The number of primary amides is 1. The molecule has 6 aliphatic rings. The second-order valence-electron chi connectivity index (χ2n) is 14.9. The van der Waals surface area contributed by atoms with Crippen LogP contribution < -0.4 is 5.73 Å². The van der Waals surface area contributed by atoms with E-state index in [1.165, 1.54) is 19.3 Å². The maximum atomic E-state index is 12.4. The maximum absolute atomic E-state index is 12.4. The first-order valence-corrected chi connectivity index (χ1v) is 16.2. The van der Waals surface area contributed by atoms with Gasteiger partial charge in [0.05, 0.1) is 0 Å². The number of fused-ring (bicyclic) bond motifs is 5. The molecule has 1 amide bonds. The number of carbonyl (C=O) groups is 2. The molecule has 5 saturated carbocycles. The molecule has 0 unspecified atom stereocenters. The number of carbonyl (C=O) groups excluding carboxylic acids is 2. The minimum Gasteiger partial charge on any atom is -0.462 e. The van der Waals surface area contributed by atoms with Gasteiger partial charge in [-0.2, -0.15) is 19.6 Å². The molecule has 8 nitrogen and oxygen atoms in total. The Bertz CT molecular complexity index is 970. The summed E-state index contributed by atoms with van der Waals surface area (Å²) in [5.41, 5.74) is 5.55. The van der Waals surface area contributed by atoms with Gasteiger partial charge in [0.15, 0.2) is 0 Å². The lowest BCUT2D eigenvalue weighted by molar-refractivity contribution is -0.665. The highest BCUT2D eigenvalue weighted by Gasteiger charge is 2.66. The standard InChI is InChI=1S/C32H51NO7/c1-20(8-13-28(33)35)24-11-12-25-23-10-9-22-19-32(39-37-31(38-40-32)14-6-5-7-15-31)17-16-29(22,3)26(23)18-27(30(24,25)4)36-21(2)34/h20,22-27H,5-19H2,1-4H3,(H2,33,35)/t20-,22-,23+,24-,25+,26+,27+,29+,30-/m1/s1. The summed E-state index contributed by atoms with van der Waals surface area (Å²) < 4.78 is 6.24. The third kappa shape index (κ3) is 4.73. The Labute approximate surface area is 239 Å². The van der Waals surface area contributed by atoms with Gasteiger partial charge in [-0.1, -0.05) is 27.2 Å². The monoisotopic (exact) mass is 561 g/mol. The van der Waals surface area contributed by atoms with E-state index in [9.17, 15) is 9.59 Å². The number of nitrogens with two attached hydrogens (primary N) is 1. The van der Waals surface area contributed by atoms with Crippen molar-refractivity contribution in [3.63, 3.8) is 0 Å². The first-order valence-electron chi connectivity index (χ1n) is 16.2. The number of amides is 1. The van der Waals surface area contributed by atoms with Crippen molar-refractivity contribution in [2.24, 2.45) is 52.1 Å². The number of esters is 1. The van der Waals surface area contributed by atoms with Crippen LogP contribution in [0.5, 0.6) is 0 Å². The molecule has 8 heteroatoms. The van der Waals surface area contributed by atoms with Crippen molar-refractivity contribution in [1.29, 1.82) is 0 Å². The molecule has 2 spiro atoms. The van der Waals surface area contributed by atoms with E-state index in [-0.39, 0.29) is 28.8 Å². The molecule has 226 valence electrons. The van der Waals surface area contributed by atoms with Crippen LogP contribution in [0.1, 0.15) is 124 Å². The van der Waals surface area contributed by atoms with Gasteiger partial charge in [-0.25, -0.2) is 0 Å². The average molecular weight is 562 g/mol. The minimum absolute atomic E-state index is 0.0748. The summed E-state index contributed by atoms with van der Waals surface area (Å²) in [6.45, 7) is 8.69. The van der Waals surface area contributed by atoms with Crippen LogP contribution in [0.15, 0.2) is 0 Å². The van der Waals surface area contributed by atoms with Gasteiger partial charge in [-0.3, -0.25) is 9.59 Å². The quantitative estimate of drug-likeness (QED) is 0.308. The summed E-state index contributed by atoms with van der Waals surface area (Å²) in [7, 11) is 0. The van der Waals surface area contributed by atoms with E-state index in [0.29, 0.717) is 41.9 Å². The van der Waals surface area contributed by atoms with E-state index in [1.54, 1.807) is 6.92 Å². The van der Waals surface area contributed by atoms with Crippen molar-refractivity contribution in [3.8, 4) is 0 Å². The molecular formula is C32H51NO7. The second-order valence-corrected chi connectivity index (χ2v) is 14.9. The molecule has 6 rings (SSSR count). The van der Waals surface area contributed by atoms with Gasteiger partial charge in [0.2, 0.25) is 17.5 Å². The van der Waals surface area contributed by atoms with Gasteiger partial charge < -0.3 is 10.5 Å². The number of hydrogen-bond donors (Lipinski definition) is 1. The van der Waals surface area contributed by atoms with Crippen LogP contribution in [0.2, 0.25) is 0 Å². The van der Waals surface area contributed by atoms with E-state index in [2.05, 4.69) is 20.8 Å². The molecule has 2 N–H and O–H groups in total. The van der Waals surface area contributed by atoms with E-state index < -0.39 is 11.6 Å². The highest BCUT2D eigenvalue weighted by atomic mass is 17.4. The molecule has 0 bridgehead atoms. The largest absolute Gasteiger partial charge is 0.462 e. The van der Waals surface area contributed by atoms with Crippen LogP contribution in [0.4, 0.5) is 0 Å². The van der Waals surface area contributed by atoms with Gasteiger partial charge in [0.25, 0.3) is 0 Å². The summed E-state index contributed by atoms with van der Waals surface area (Å²) in [6.07, 6.45) is 14.1. The third-order valence-electron chi connectivity index (χ3n) is 13.0. The fourth-order valence-electron chi connectivity index (χ4n) is 10.8. The molecule has 6 fully saturated rings. The predicted molar refractivity (Wildman–Crippen MR) is 147 cm³/mol. The maximum Gasteiger partial charge on any atom is 0.302 e. The van der Waals surface area contributed by atoms with E-state index in [1.807, 2.05) is 0 Å². The molecule has 9 atom stereocenters. The average Bonchev–Trinajstić information content (AvgIpc) is 3.29. The molecule has 40 heavy (non-hydrogen) atoms. The van der Waals surface area contributed by atoms with Crippen LogP contribution in [0.25, 0.3) is 0 Å². The van der Waals surface area contributed by atoms with Crippen molar-refractivity contribution in [3.05, 3.63) is 0 Å². The van der Waals surface area contributed by atoms with Crippen molar-refractivity contribution >= 4 is 11.9 Å². The molecule has 0 aromatic rings. The summed E-state index contributed by atoms with van der Waals surface area (Å²) in [5, 5.41) is 0. The molecule has 1 aliphatic heterocycles. The van der Waals surface area contributed by atoms with E-state index in [4.69, 9.17) is 30.0 Å². The molecule has 1 saturated heterocycles. The smallest absolute Gasteiger partial charge is 0.302 e. The van der Waals surface area contributed by atoms with Crippen LogP contribution in [0, 0.1) is 46.3 Å². The van der Waals surface area contributed by atoms with Gasteiger partial charge in [0, 0.05) is 44.4 Å². The van der Waals surface area contributed by atoms with Crippen molar-refractivity contribution in [2.45, 2.75) is 142 Å². The first kappa shape index (κ1) is 28.9. The normalized spacial score (nSPS) is 44.3. The zero-order valence-electron chi connectivity index (χ0n) is 25.1. The van der Waals surface area contributed by atoms with E-state index in [0.717, 1.165) is 70.6 Å². The summed E-state index contributed by atoms with van der Waals surface area (Å²) in [4.78, 5) is 48.2. The Morgan fingerprint density at radius 1 is 0.900 bits per heavy atom. The van der Waals surface area contributed by atoms with Crippen LogP contribution in [-0.4, -0.2) is 29.6 Å². The highest BCUT2D eigenvalue weighted by Crippen LogP contribution is 2.70. The van der Waals surface area contributed by atoms with Crippen LogP contribution in [0.3, 0.4) is 0 Å². The van der Waals surface area contributed by atoms with Crippen molar-refractivity contribution in [1.82, 2.24) is 0 Å². The molecule has 5 aliphatic carbocycles. The summed E-state index contributed by atoms with van der Waals surface area (Å²) in [5.74, 6) is 0.867. The Morgan fingerprint density at radius 2 is 1.60 bits per heavy atom. The lowest BCUT2D eigenvalue weighted by atomic mass is 9.43. The predicted octanol–water partition coefficient (Wildman–Crippen LogP) is 6.36. The van der Waals surface area contributed by atoms with Gasteiger partial charge >= 0.3 is 5.97 Å². The Morgan fingerprint density at radius 3 is 2.27 bits per heavy atom. The zero-order valence-corrected chi connectivity index (χ0v) is 25.1. The van der Waals surface area contributed by atoms with Crippen LogP contribution >= 0.6 is 0 Å². The Hall–Kier alpha value is -1.22. The number of rotatable bonds is 5. The molecule has 1 heterocycles. The van der Waals surface area contributed by atoms with Gasteiger partial charge in [0.1, 0.15) is 6.10 Å². The zero-order chi connectivity index (χ0) is 28.3. The Kier molecular flexibility index (Phi) is 7.58.